The third kappa shape index (κ3) is 12.2. The maximum absolute atomic E-state index is 14.0. The lowest BCUT2D eigenvalue weighted by Crippen LogP contribution is -2.58. The average Bonchev–Trinajstić information content (AvgIpc) is 3.57. The molecule has 0 spiro atoms. The third-order valence-corrected chi connectivity index (χ3v) is 9.17. The summed E-state index contributed by atoms with van der Waals surface area (Å²) in [5, 5.41) is 11.6. The molecule has 1 aromatic heterocycles. The van der Waals surface area contributed by atoms with E-state index in [0.29, 0.717) is 23.6 Å². The van der Waals surface area contributed by atoms with Crippen LogP contribution in [-0.4, -0.2) is 58.4 Å². The van der Waals surface area contributed by atoms with Crippen LogP contribution in [0.2, 0.25) is 0 Å². The molecule has 0 saturated heterocycles. The van der Waals surface area contributed by atoms with Crippen molar-refractivity contribution in [3.05, 3.63) is 130 Å². The summed E-state index contributed by atoms with van der Waals surface area (Å²) in [5.41, 5.74) is 8.40. The van der Waals surface area contributed by atoms with E-state index in [1.54, 1.807) is 81.6 Å². The van der Waals surface area contributed by atoms with Gasteiger partial charge in [-0.1, -0.05) is 72.8 Å². The molecule has 0 aliphatic rings. The Bertz CT molecular complexity index is 2140. The Morgan fingerprint density at radius 3 is 2.00 bits per heavy atom. The lowest BCUT2D eigenvalue weighted by atomic mass is 10.0. The molecule has 4 aromatic carbocycles. The van der Waals surface area contributed by atoms with Crippen LogP contribution in [0.25, 0.3) is 10.9 Å². The van der Waals surface area contributed by atoms with Crippen molar-refractivity contribution in [3.8, 4) is 5.75 Å². The molecule has 1 heterocycles. The molecule has 5 aromatic rings. The first kappa shape index (κ1) is 41.0. The summed E-state index contributed by atoms with van der Waals surface area (Å²) in [6.07, 6.45) is 0.359. The van der Waals surface area contributed by atoms with E-state index in [0.717, 1.165) is 26.5 Å². The molecule has 3 atom stereocenters. The quantitative estimate of drug-likeness (QED) is 0.0738. The molecule has 5 amide bonds. The normalized spacial score (nSPS) is 12.8. The number of carbonyl (C=O) groups excluding carboxylic acids is 5. The number of nitrogens with one attached hydrogen (secondary N) is 5. The first-order valence-electron chi connectivity index (χ1n) is 18.0. The number of para-hydroxylation sites is 2. The molecule has 13 nitrogen and oxygen atoms in total. The van der Waals surface area contributed by atoms with Crippen LogP contribution in [0, 0.1) is 0 Å². The number of anilines is 1. The van der Waals surface area contributed by atoms with Crippen LogP contribution in [0.3, 0.4) is 0 Å². The molecule has 0 unspecified atom stereocenters. The van der Waals surface area contributed by atoms with Gasteiger partial charge in [-0.05, 0) is 83.7 Å². The molecule has 5 rings (SSSR count). The van der Waals surface area contributed by atoms with Crippen LogP contribution in [-0.2, 0) is 43.4 Å². The highest BCUT2D eigenvalue weighted by atomic mass is 79.9. The number of carbonyl (C=O) groups is 5. The van der Waals surface area contributed by atoms with E-state index >= 15 is 0 Å². The zero-order valence-corrected chi connectivity index (χ0v) is 32.9. The van der Waals surface area contributed by atoms with E-state index in [1.165, 1.54) is 0 Å². The van der Waals surface area contributed by atoms with Crippen LogP contribution in [0.5, 0.6) is 5.75 Å². The number of amides is 5. The van der Waals surface area contributed by atoms with E-state index in [2.05, 4.69) is 42.2 Å². The van der Waals surface area contributed by atoms with Gasteiger partial charge in [0.2, 0.25) is 23.6 Å². The zero-order chi connectivity index (χ0) is 40.2. The van der Waals surface area contributed by atoms with Gasteiger partial charge in [0.05, 0.1) is 11.9 Å². The highest BCUT2D eigenvalue weighted by molar-refractivity contribution is 9.10. The SMILES string of the molecule is CC(C)(C)OC(=O)N[C@@H](Cc1ccc(OCc2ccccc2)cc1)C(=O)N[C@@H](CC(N)=O)C(=O)N[C@@H](Cc1c[nH]c2c(Br)cccc12)C(=O)Nc1ccccc1. The minimum atomic E-state index is -1.50. The van der Waals surface area contributed by atoms with Crippen LogP contribution < -0.4 is 31.7 Å². The van der Waals surface area contributed by atoms with E-state index in [1.807, 2.05) is 48.5 Å². The maximum atomic E-state index is 14.0. The van der Waals surface area contributed by atoms with Gasteiger partial charge in [-0.2, -0.15) is 0 Å². The van der Waals surface area contributed by atoms with Crippen molar-refractivity contribution in [1.82, 2.24) is 20.9 Å². The zero-order valence-electron chi connectivity index (χ0n) is 31.3. The molecular formula is C42H45BrN6O7. The summed E-state index contributed by atoms with van der Waals surface area (Å²) in [6.45, 7) is 5.41. The van der Waals surface area contributed by atoms with Gasteiger partial charge >= 0.3 is 6.09 Å². The summed E-state index contributed by atoms with van der Waals surface area (Å²) in [7, 11) is 0. The summed E-state index contributed by atoms with van der Waals surface area (Å²) >= 11 is 3.53. The second-order valence-electron chi connectivity index (χ2n) is 14.1. The lowest BCUT2D eigenvalue weighted by Gasteiger charge is -2.26. The first-order chi connectivity index (χ1) is 26.7. The fraction of sp³-hybridized carbons (Fsp3) is 0.262. The van der Waals surface area contributed by atoms with Crippen LogP contribution in [0.1, 0.15) is 43.9 Å². The minimum Gasteiger partial charge on any atom is -0.489 e. The van der Waals surface area contributed by atoms with Crippen LogP contribution in [0.4, 0.5) is 10.5 Å². The van der Waals surface area contributed by atoms with E-state index in [9.17, 15) is 24.0 Å². The molecule has 0 fully saturated rings. The fourth-order valence-electron chi connectivity index (χ4n) is 5.84. The van der Waals surface area contributed by atoms with Gasteiger partial charge in [0.15, 0.2) is 0 Å². The topological polar surface area (TPSA) is 194 Å². The fourth-order valence-corrected chi connectivity index (χ4v) is 6.32. The smallest absolute Gasteiger partial charge is 0.408 e. The monoisotopic (exact) mass is 824 g/mol. The van der Waals surface area contributed by atoms with Gasteiger partial charge in [-0.25, -0.2) is 4.79 Å². The van der Waals surface area contributed by atoms with Crippen molar-refractivity contribution in [2.24, 2.45) is 5.73 Å². The first-order valence-corrected chi connectivity index (χ1v) is 18.8. The summed E-state index contributed by atoms with van der Waals surface area (Å²) < 4.78 is 12.1. The summed E-state index contributed by atoms with van der Waals surface area (Å²) in [6, 6.07) is 27.1. The van der Waals surface area contributed by atoms with Crippen molar-refractivity contribution >= 4 is 62.2 Å². The maximum Gasteiger partial charge on any atom is 0.408 e. The Morgan fingerprint density at radius 2 is 1.34 bits per heavy atom. The van der Waals surface area contributed by atoms with Crippen molar-refractivity contribution in [3.63, 3.8) is 0 Å². The van der Waals surface area contributed by atoms with Crippen LogP contribution >= 0.6 is 15.9 Å². The number of nitrogens with two attached hydrogens (primary N) is 1. The average molecular weight is 826 g/mol. The van der Waals surface area contributed by atoms with Crippen molar-refractivity contribution in [1.29, 1.82) is 0 Å². The third-order valence-electron chi connectivity index (χ3n) is 8.51. The predicted octanol–water partition coefficient (Wildman–Crippen LogP) is 5.67. The number of halogens is 1. The summed E-state index contributed by atoms with van der Waals surface area (Å²) in [5.74, 6) is -2.42. The van der Waals surface area contributed by atoms with Crippen molar-refractivity contribution < 1.29 is 33.4 Å². The molecule has 14 heteroatoms. The number of hydrogen-bond donors (Lipinski definition) is 6. The number of fused-ring (bicyclic) bond motifs is 1. The number of benzene rings is 4. The largest absolute Gasteiger partial charge is 0.489 e. The Balaban J connectivity index is 1.35. The molecular weight excluding hydrogens is 780 g/mol. The van der Waals surface area contributed by atoms with Gasteiger partial charge in [-0.15, -0.1) is 0 Å². The second kappa shape index (κ2) is 18.9. The highest BCUT2D eigenvalue weighted by Gasteiger charge is 2.32. The molecule has 56 heavy (non-hydrogen) atoms. The number of aromatic nitrogens is 1. The summed E-state index contributed by atoms with van der Waals surface area (Å²) in [4.78, 5) is 70.0. The van der Waals surface area contributed by atoms with Crippen molar-refractivity contribution in [2.75, 3.05) is 5.32 Å². The number of primary amides is 1. The Hall–Kier alpha value is -6.15. The van der Waals surface area contributed by atoms with Gasteiger partial charge in [0.25, 0.3) is 0 Å². The van der Waals surface area contributed by atoms with Gasteiger partial charge in [-0.3, -0.25) is 19.2 Å². The number of rotatable bonds is 16. The molecule has 0 bridgehead atoms. The predicted molar refractivity (Wildman–Crippen MR) is 217 cm³/mol. The highest BCUT2D eigenvalue weighted by Crippen LogP contribution is 2.27. The minimum absolute atomic E-state index is 0.00676. The Labute approximate surface area is 333 Å². The Morgan fingerprint density at radius 1 is 0.714 bits per heavy atom. The lowest BCUT2D eigenvalue weighted by molar-refractivity contribution is -0.133. The van der Waals surface area contributed by atoms with Gasteiger partial charge < -0.3 is 41.5 Å². The molecule has 0 aliphatic heterocycles. The van der Waals surface area contributed by atoms with Crippen LogP contribution in [0.15, 0.2) is 114 Å². The molecule has 0 radical (unpaired) electrons. The van der Waals surface area contributed by atoms with Crippen molar-refractivity contribution in [2.45, 2.75) is 70.4 Å². The number of ether oxygens (including phenoxy) is 2. The van der Waals surface area contributed by atoms with E-state index in [4.69, 9.17) is 15.2 Å². The molecule has 0 aliphatic carbocycles. The molecule has 0 saturated carbocycles. The van der Waals surface area contributed by atoms with Gasteiger partial charge in [0, 0.05) is 34.6 Å². The van der Waals surface area contributed by atoms with E-state index < -0.39 is 59.9 Å². The standard InChI is InChI=1S/C42H45BrN6O7/c1-42(2,3)56-41(54)49-33(21-26-17-19-30(20-18-26)55-25-27-11-6-4-7-12-27)39(52)48-35(23-36(44)50)40(53)47-34(38(51)46-29-13-8-5-9-14-29)22-28-24-45-37-31(28)15-10-16-32(37)43/h4-20,24,33-35,45H,21-23,25H2,1-3H3,(H2,44,50)(H,46,51)(H,47,53)(H,48,52)(H,49,54)/t33-,34-,35-/m0/s1. The number of hydrogen-bond acceptors (Lipinski definition) is 7. The van der Waals surface area contributed by atoms with E-state index in [-0.39, 0.29) is 12.8 Å². The number of aromatic amines is 1. The Kier molecular flexibility index (Phi) is 13.9. The number of alkyl carbamates (subject to hydrolysis) is 1. The molecule has 7 N–H and O–H groups in total. The van der Waals surface area contributed by atoms with Gasteiger partial charge in [0.1, 0.15) is 36.1 Å². The number of H-pyrrole nitrogens is 1. The second-order valence-corrected chi connectivity index (χ2v) is 15.0. The molecule has 292 valence electrons.